The van der Waals surface area contributed by atoms with Crippen LogP contribution in [0.3, 0.4) is 0 Å². The van der Waals surface area contributed by atoms with E-state index in [1.54, 1.807) is 122 Å². The molecule has 1 rings (SSSR count). The van der Waals surface area contributed by atoms with Crippen molar-refractivity contribution in [3.8, 4) is 0 Å². The predicted octanol–water partition coefficient (Wildman–Crippen LogP) is 7.33. The zero-order valence-corrected chi connectivity index (χ0v) is 34.5. The third kappa shape index (κ3) is 12.2. The molecule has 0 fully saturated rings. The summed E-state index contributed by atoms with van der Waals surface area (Å²) in [4.78, 5) is 19.3. The first-order valence-corrected chi connectivity index (χ1v) is 30.2. The van der Waals surface area contributed by atoms with Crippen LogP contribution in [0, 0.1) is 0 Å². The lowest BCUT2D eigenvalue weighted by atomic mass is 10.3. The highest BCUT2D eigenvalue weighted by atomic mass is 31.2. The molecule has 0 bridgehead atoms. The number of rotatable bonds is 15. The molecule has 0 aliphatic rings. The Morgan fingerprint density at radius 3 is 0.884 bits per heavy atom. The number of hydrogen-bond donors (Lipinski definition) is 0. The maximum Gasteiger partial charge on any atom is 0.233 e. The molecule has 0 N–H and O–H groups in total. The van der Waals surface area contributed by atoms with Crippen molar-refractivity contribution in [3.05, 3.63) is 0 Å². The van der Waals surface area contributed by atoms with Crippen LogP contribution >= 0.6 is 42.9 Å². The van der Waals surface area contributed by atoms with Gasteiger partial charge < -0.3 is 42.1 Å². The van der Waals surface area contributed by atoms with Gasteiger partial charge in [-0.15, -0.1) is 0 Å². The van der Waals surface area contributed by atoms with Crippen molar-refractivity contribution < 1.29 is 27.4 Å². The fourth-order valence-electron chi connectivity index (χ4n) is 3.94. The minimum atomic E-state index is -2.91. The fourth-order valence-corrected chi connectivity index (χ4v) is 10.2. The van der Waals surface area contributed by atoms with Crippen molar-refractivity contribution in [2.45, 2.75) is 38.3 Å². The van der Waals surface area contributed by atoms with Crippen molar-refractivity contribution in [2.24, 2.45) is 0 Å². The van der Waals surface area contributed by atoms with Crippen LogP contribution in [0.5, 0.6) is 0 Å². The number of anilines is 3. The molecular weight excluding hydrogens is 666 g/mol. The molecule has 252 valence electrons. The first kappa shape index (κ1) is 40.8. The number of aromatic nitrogens is 3. The van der Waals surface area contributed by atoms with E-state index in [0.717, 1.165) is 0 Å². The monoisotopic (exact) mass is 722 g/mol. The molecule has 12 nitrogen and oxygen atoms in total. The van der Waals surface area contributed by atoms with E-state index in [1.165, 1.54) is 0 Å². The molecule has 0 atom stereocenters. The summed E-state index contributed by atoms with van der Waals surface area (Å²) in [5.74, 6) is 0.205. The Morgan fingerprint density at radius 1 is 0.442 bits per heavy atom. The molecule has 0 amide bonds. The molecule has 0 radical (unpaired) electrons. The molecule has 0 unspecified atom stereocenters. The lowest BCUT2D eigenvalue weighted by Gasteiger charge is -2.44. The molecule has 0 saturated carbocycles. The van der Waals surface area contributed by atoms with Crippen molar-refractivity contribution in [1.82, 2.24) is 15.0 Å². The fraction of sp³-hybridized carbons (Fsp3) is 0.880. The Bertz CT molecular complexity index is 1360. The van der Waals surface area contributed by atoms with Crippen molar-refractivity contribution in [2.75, 3.05) is 120 Å². The van der Waals surface area contributed by atoms with E-state index < -0.39 is 53.4 Å². The Kier molecular flexibility index (Phi) is 12.5. The minimum absolute atomic E-state index is 0.00183. The van der Waals surface area contributed by atoms with Crippen LogP contribution < -0.4 is 14.7 Å². The van der Waals surface area contributed by atoms with E-state index in [1.807, 2.05) is 0 Å². The van der Waals surface area contributed by atoms with Gasteiger partial charge in [-0.25, -0.2) is 0 Å². The molecule has 0 aliphatic carbocycles. The van der Waals surface area contributed by atoms with Gasteiger partial charge in [0.1, 0.15) is 42.9 Å². The Hall–Kier alpha value is -0.210. The summed E-state index contributed by atoms with van der Waals surface area (Å²) in [5, 5.41) is -2.11. The van der Waals surface area contributed by atoms with Gasteiger partial charge in [-0.05, 0) is 108 Å². The molecule has 0 aromatic carbocycles. The summed E-state index contributed by atoms with van der Waals surface area (Å²) in [6.45, 7) is 26.7. The molecule has 1 aromatic heterocycles. The van der Waals surface area contributed by atoms with Gasteiger partial charge in [-0.1, -0.05) is 0 Å². The van der Waals surface area contributed by atoms with Crippen LogP contribution in [-0.2, 0) is 27.4 Å². The van der Waals surface area contributed by atoms with Gasteiger partial charge in [0.2, 0.25) is 17.8 Å². The lowest BCUT2D eigenvalue weighted by molar-refractivity contribution is 0.527. The van der Waals surface area contributed by atoms with E-state index in [9.17, 15) is 27.4 Å². The highest BCUT2D eigenvalue weighted by molar-refractivity contribution is 7.65. The summed E-state index contributed by atoms with van der Waals surface area (Å²) < 4.78 is 80.1. The highest BCUT2D eigenvalue weighted by Gasteiger charge is 2.44. The van der Waals surface area contributed by atoms with Crippen LogP contribution in [0.1, 0.15) is 27.7 Å². The van der Waals surface area contributed by atoms with Gasteiger partial charge in [-0.3, -0.25) is 0 Å². The van der Waals surface area contributed by atoms with Crippen molar-refractivity contribution >= 4 is 60.7 Å². The van der Waals surface area contributed by atoms with Crippen LogP contribution in [0.15, 0.2) is 0 Å². The molecule has 0 aliphatic heterocycles. The second-order valence-corrected chi connectivity index (χ2v) is 36.5. The normalized spacial score (nSPS) is 14.5. The van der Waals surface area contributed by atoms with E-state index in [4.69, 9.17) is 15.0 Å². The van der Waals surface area contributed by atoms with Gasteiger partial charge in [-0.2, -0.15) is 15.0 Å². The van der Waals surface area contributed by atoms with Crippen LogP contribution in [0.25, 0.3) is 0 Å². The number of hydrogen-bond acceptors (Lipinski definition) is 12. The van der Waals surface area contributed by atoms with E-state index in [-0.39, 0.29) is 43.0 Å². The predicted molar refractivity (Wildman–Crippen MR) is 192 cm³/mol. The van der Waals surface area contributed by atoms with Gasteiger partial charge in [0, 0.05) is 0 Å². The molecular formula is C25H56N6O6P6. The Morgan fingerprint density at radius 2 is 0.674 bits per heavy atom. The van der Waals surface area contributed by atoms with Gasteiger partial charge >= 0.3 is 0 Å². The Balaban J connectivity index is 4.42. The zero-order chi connectivity index (χ0) is 34.4. The molecule has 0 saturated heterocycles. The molecule has 1 aromatic rings. The minimum Gasteiger partial charge on any atom is -0.326 e. The van der Waals surface area contributed by atoms with Gasteiger partial charge in [0.05, 0.1) is 35.7 Å². The second-order valence-electron chi connectivity index (χ2n) is 15.2. The third-order valence-electron chi connectivity index (χ3n) is 7.31. The largest absolute Gasteiger partial charge is 0.326 e. The molecule has 18 heteroatoms. The SMILES string of the molecule is CC(C)(N(CP(C)(C)=O)c1nc(N(CP(C)(C)=O)CP(C)(C)=O)nc(N(CP(C)(C)=O)C(C)(C)P(C)(C)=O)n1)P(C)(C)=O. The molecule has 43 heavy (non-hydrogen) atoms. The zero-order valence-electron chi connectivity index (χ0n) is 29.1. The number of nitrogens with zero attached hydrogens (tertiary/aromatic N) is 6. The lowest BCUT2D eigenvalue weighted by Crippen LogP contribution is -2.47. The second kappa shape index (κ2) is 13.1. The average molecular weight is 723 g/mol. The molecule has 1 heterocycles. The topological polar surface area (TPSA) is 151 Å². The van der Waals surface area contributed by atoms with E-state index >= 15 is 0 Å². The standard InChI is InChI=1S/C25H56N6O6P6/c1-24(2,42(13,14)36)30(19-40(9,10)34)22-26-21(29(17-38(5,6)32)18-39(7,8)33)27-23(28-22)31(20-41(11,12)35)25(3,4)43(15,16)37/h17-20H2,1-16H3. The summed E-state index contributed by atoms with van der Waals surface area (Å²) in [5.41, 5.74) is 0. The summed E-state index contributed by atoms with van der Waals surface area (Å²) in [6, 6.07) is 0. The first-order valence-electron chi connectivity index (χ1n) is 13.9. The van der Waals surface area contributed by atoms with Crippen LogP contribution in [0.4, 0.5) is 17.8 Å². The maximum absolute atomic E-state index is 13.7. The van der Waals surface area contributed by atoms with Crippen molar-refractivity contribution in [1.29, 1.82) is 0 Å². The van der Waals surface area contributed by atoms with Crippen LogP contribution in [0.2, 0.25) is 0 Å². The third-order valence-corrected chi connectivity index (χ3v) is 17.0. The summed E-state index contributed by atoms with van der Waals surface area (Å²) >= 11 is 0. The van der Waals surface area contributed by atoms with E-state index in [0.29, 0.717) is 0 Å². The Labute approximate surface area is 260 Å². The highest BCUT2D eigenvalue weighted by Crippen LogP contribution is 2.58. The van der Waals surface area contributed by atoms with Crippen LogP contribution in [-0.4, -0.2) is 131 Å². The summed E-state index contributed by atoms with van der Waals surface area (Å²) in [6.07, 6.45) is 0.0411. The maximum atomic E-state index is 13.7. The summed E-state index contributed by atoms with van der Waals surface area (Å²) in [7, 11) is -16.9. The van der Waals surface area contributed by atoms with Gasteiger partial charge in [0.15, 0.2) is 0 Å². The quantitative estimate of drug-likeness (QED) is 0.167. The average Bonchev–Trinajstić information content (AvgIpc) is 2.70. The first-order chi connectivity index (χ1) is 18.6. The molecule has 0 spiro atoms. The van der Waals surface area contributed by atoms with E-state index in [2.05, 4.69) is 0 Å². The van der Waals surface area contributed by atoms with Crippen molar-refractivity contribution in [3.63, 3.8) is 0 Å². The smallest absolute Gasteiger partial charge is 0.233 e. The van der Waals surface area contributed by atoms with Gasteiger partial charge in [0.25, 0.3) is 0 Å².